The smallest absolute Gasteiger partial charge is 0.338 e. The molecule has 1 saturated heterocycles. The average Bonchev–Trinajstić information content (AvgIpc) is 3.38. The van der Waals surface area contributed by atoms with Crippen LogP contribution < -0.4 is 0 Å². The van der Waals surface area contributed by atoms with Crippen LogP contribution in [0.2, 0.25) is 0 Å². The summed E-state index contributed by atoms with van der Waals surface area (Å²) in [6.45, 7) is 1.68. The van der Waals surface area contributed by atoms with Gasteiger partial charge < -0.3 is 53.7 Å². The van der Waals surface area contributed by atoms with Gasteiger partial charge in [0, 0.05) is 83.5 Å². The quantitative estimate of drug-likeness (QED) is 0.263. The third-order valence-electron chi connectivity index (χ3n) is 12.9. The molecule has 1 aliphatic heterocycles. The lowest BCUT2D eigenvalue weighted by molar-refractivity contribution is -0.353. The first-order chi connectivity index (χ1) is 21.8. The third kappa shape index (κ3) is 3.41. The molecule has 0 radical (unpaired) electrons. The van der Waals surface area contributed by atoms with Crippen molar-refractivity contribution in [1.82, 2.24) is 4.90 Å². The van der Waals surface area contributed by atoms with Crippen LogP contribution in [0.5, 0.6) is 0 Å². The van der Waals surface area contributed by atoms with E-state index in [-0.39, 0.29) is 18.6 Å². The lowest BCUT2D eigenvalue weighted by Gasteiger charge is -2.72. The van der Waals surface area contributed by atoms with E-state index in [1.807, 2.05) is 11.9 Å². The molecule has 7 rings (SSSR count). The standard InChI is InChI=1S/C33H45NO12/c1-16(35)46-33-20-21(43-5)22-29(15-41-3)14-34(2)24(20)32(22,19(42-4)12-18(29)36)31(40)13-30(39,27(44-6)25(33)37)26(23(31)33)45-28(38)17-10-8-7-9-11-17/h7-11,18-27,36-37,39-40H,12-15H2,1-6H3/t18-,19+,20?,21+,22-,23+,24?,25+,26?,27+,29+,30+,31+,32?,33+/m1/s1. The first kappa shape index (κ1) is 32.4. The normalized spacial score (nSPS) is 51.5. The van der Waals surface area contributed by atoms with E-state index in [1.54, 1.807) is 37.4 Å². The maximum Gasteiger partial charge on any atom is 0.338 e. The minimum absolute atomic E-state index is 0.113. The van der Waals surface area contributed by atoms with E-state index in [4.69, 9.17) is 28.4 Å². The Morgan fingerprint density at radius 1 is 0.978 bits per heavy atom. The van der Waals surface area contributed by atoms with E-state index in [9.17, 15) is 30.0 Å². The summed E-state index contributed by atoms with van der Waals surface area (Å²) in [5.74, 6) is -4.35. The number of carbonyl (C=O) groups is 2. The summed E-state index contributed by atoms with van der Waals surface area (Å²) in [5, 5.41) is 50.8. The second-order valence-corrected chi connectivity index (χ2v) is 14.4. The second kappa shape index (κ2) is 10.4. The van der Waals surface area contributed by atoms with Gasteiger partial charge in [0.15, 0.2) is 5.60 Å². The molecule has 1 spiro atoms. The van der Waals surface area contributed by atoms with Gasteiger partial charge in [-0.15, -0.1) is 0 Å². The monoisotopic (exact) mass is 647 g/mol. The highest BCUT2D eigenvalue weighted by Gasteiger charge is 2.96. The Kier molecular flexibility index (Phi) is 7.31. The Morgan fingerprint density at radius 3 is 2.26 bits per heavy atom. The van der Waals surface area contributed by atoms with Crippen LogP contribution >= 0.6 is 0 Å². The number of esters is 2. The van der Waals surface area contributed by atoms with Crippen LogP contribution in [0.15, 0.2) is 30.3 Å². The van der Waals surface area contributed by atoms with Crippen LogP contribution in [-0.2, 0) is 33.2 Å². The molecule has 15 atom stereocenters. The van der Waals surface area contributed by atoms with Crippen molar-refractivity contribution < 1.29 is 58.4 Å². The van der Waals surface area contributed by atoms with Gasteiger partial charge in [0.2, 0.25) is 0 Å². The number of carbonyl (C=O) groups excluding carboxylic acids is 2. The zero-order chi connectivity index (χ0) is 33.2. The number of hydrogen-bond acceptors (Lipinski definition) is 13. The molecular formula is C33H45NO12. The first-order valence-electron chi connectivity index (χ1n) is 15.9. The minimum Gasteiger partial charge on any atom is -0.455 e. The van der Waals surface area contributed by atoms with E-state index >= 15 is 0 Å². The van der Waals surface area contributed by atoms with Crippen molar-refractivity contribution >= 4 is 11.9 Å². The van der Waals surface area contributed by atoms with Gasteiger partial charge in [-0.05, 0) is 19.2 Å². The van der Waals surface area contributed by atoms with E-state index in [0.29, 0.717) is 6.54 Å². The van der Waals surface area contributed by atoms with Crippen molar-refractivity contribution in [2.75, 3.05) is 48.6 Å². The van der Waals surface area contributed by atoms with Gasteiger partial charge >= 0.3 is 11.9 Å². The Balaban J connectivity index is 1.56. The molecular weight excluding hydrogens is 602 g/mol. The topological polar surface area (TPSA) is 174 Å². The lowest BCUT2D eigenvalue weighted by Crippen LogP contribution is -2.85. The number of ether oxygens (including phenoxy) is 6. The minimum atomic E-state index is -2.12. The third-order valence-corrected chi connectivity index (χ3v) is 12.9. The number of fused-ring (bicyclic) bond motifs is 2. The molecule has 6 aliphatic rings. The number of likely N-dealkylation sites (tertiary alicyclic amines) is 1. The summed E-state index contributed by atoms with van der Waals surface area (Å²) in [4.78, 5) is 28.9. The fourth-order valence-corrected chi connectivity index (χ4v) is 12.2. The number of aliphatic hydroxyl groups excluding tert-OH is 2. The van der Waals surface area contributed by atoms with Crippen molar-refractivity contribution in [3.8, 4) is 0 Å². The lowest BCUT2D eigenvalue weighted by atomic mass is 9.40. The van der Waals surface area contributed by atoms with Gasteiger partial charge in [-0.2, -0.15) is 0 Å². The maximum atomic E-state index is 13.7. The Labute approximate surface area is 267 Å². The highest BCUT2D eigenvalue weighted by molar-refractivity contribution is 5.89. The summed E-state index contributed by atoms with van der Waals surface area (Å²) in [5.41, 5.74) is -8.16. The molecule has 5 aliphatic carbocycles. The van der Waals surface area contributed by atoms with Crippen LogP contribution in [0.1, 0.15) is 30.1 Å². The Morgan fingerprint density at radius 2 is 1.67 bits per heavy atom. The predicted octanol–water partition coefficient (Wildman–Crippen LogP) is -0.627. The molecule has 4 N–H and O–H groups in total. The zero-order valence-corrected chi connectivity index (χ0v) is 27.0. The number of hydrogen-bond donors (Lipinski definition) is 4. The van der Waals surface area contributed by atoms with Crippen LogP contribution in [0.4, 0.5) is 0 Å². The number of piperidine rings is 1. The highest BCUT2D eigenvalue weighted by atomic mass is 16.6. The number of methoxy groups -OCH3 is 4. The van der Waals surface area contributed by atoms with E-state index in [0.717, 1.165) is 0 Å². The molecule has 6 fully saturated rings. The molecule has 5 saturated carbocycles. The molecule has 13 nitrogen and oxygen atoms in total. The van der Waals surface area contributed by atoms with Crippen molar-refractivity contribution in [2.45, 2.75) is 79.2 Å². The summed E-state index contributed by atoms with van der Waals surface area (Å²) >= 11 is 0. The Bertz CT molecular complexity index is 1400. The fourth-order valence-electron chi connectivity index (χ4n) is 12.2. The van der Waals surface area contributed by atoms with Gasteiger partial charge in [0.05, 0.1) is 42.0 Å². The molecule has 0 amide bonds. The number of nitrogens with zero attached hydrogens (tertiary/aromatic N) is 1. The fraction of sp³-hybridized carbons (Fsp3) is 0.758. The summed E-state index contributed by atoms with van der Waals surface area (Å²) < 4.78 is 36.7. The molecule has 1 heterocycles. The molecule has 13 heteroatoms. The van der Waals surface area contributed by atoms with Gasteiger partial charge in [0.1, 0.15) is 23.9 Å². The van der Waals surface area contributed by atoms with Crippen molar-refractivity contribution in [2.24, 2.45) is 28.6 Å². The van der Waals surface area contributed by atoms with Gasteiger partial charge in [0.25, 0.3) is 0 Å². The van der Waals surface area contributed by atoms with Crippen LogP contribution in [-0.4, -0.2) is 145 Å². The largest absolute Gasteiger partial charge is 0.455 e. The summed E-state index contributed by atoms with van der Waals surface area (Å²) in [6.07, 6.45) is -7.39. The molecule has 254 valence electrons. The van der Waals surface area contributed by atoms with Crippen LogP contribution in [0, 0.1) is 28.6 Å². The van der Waals surface area contributed by atoms with Gasteiger partial charge in [-0.25, -0.2) is 4.79 Å². The number of aliphatic hydroxyl groups is 4. The molecule has 1 aromatic rings. The number of benzene rings is 1. The summed E-state index contributed by atoms with van der Waals surface area (Å²) in [7, 11) is 7.77. The molecule has 4 unspecified atom stereocenters. The average molecular weight is 648 g/mol. The van der Waals surface area contributed by atoms with Crippen molar-refractivity contribution in [1.29, 1.82) is 0 Å². The first-order valence-corrected chi connectivity index (χ1v) is 15.9. The van der Waals surface area contributed by atoms with E-state index in [2.05, 4.69) is 0 Å². The van der Waals surface area contributed by atoms with Gasteiger partial charge in [-0.1, -0.05) is 18.2 Å². The molecule has 0 aromatic heterocycles. The highest BCUT2D eigenvalue weighted by Crippen LogP contribution is 2.81. The van der Waals surface area contributed by atoms with Crippen molar-refractivity contribution in [3.05, 3.63) is 35.9 Å². The summed E-state index contributed by atoms with van der Waals surface area (Å²) in [6, 6.07) is 7.61. The van der Waals surface area contributed by atoms with E-state index < -0.39 is 106 Å². The van der Waals surface area contributed by atoms with Crippen molar-refractivity contribution in [3.63, 3.8) is 0 Å². The van der Waals surface area contributed by atoms with E-state index in [1.165, 1.54) is 28.3 Å². The molecule has 1 aromatic carbocycles. The number of rotatable bonds is 8. The Hall–Kier alpha value is -2.20. The zero-order valence-electron chi connectivity index (χ0n) is 27.0. The maximum absolute atomic E-state index is 13.7. The van der Waals surface area contributed by atoms with Crippen LogP contribution in [0.3, 0.4) is 0 Å². The molecule has 7 bridgehead atoms. The second-order valence-electron chi connectivity index (χ2n) is 14.4. The SMILES string of the molecule is COC[C@]12CN(C)C3C4[C@H](OC)[C@H]1C3([C@@H](OC)C[C@H]2O)[C@]1(O)C[C@]2(O)C(OC(=O)c3ccccc3)[C@@H]1[C@]4(OC(C)=O)[C@@H](O)[C@@H]2OC. The van der Waals surface area contributed by atoms with Gasteiger partial charge in [-0.3, -0.25) is 4.79 Å². The predicted molar refractivity (Wildman–Crippen MR) is 157 cm³/mol. The molecule has 46 heavy (non-hydrogen) atoms. The van der Waals surface area contributed by atoms with Crippen LogP contribution in [0.25, 0.3) is 0 Å².